The summed E-state index contributed by atoms with van der Waals surface area (Å²) >= 11 is 0. The number of nitrogens with two attached hydrogens (primary N) is 2. The molecule has 5 aromatic carbocycles. The van der Waals surface area contributed by atoms with E-state index in [1.54, 1.807) is 0 Å². The van der Waals surface area contributed by atoms with Gasteiger partial charge in [0.05, 0.1) is 0 Å². The Labute approximate surface area is 262 Å². The standard InChI is InChI=1S/C40H44N2O2/c1-25-27(3)37(43-33-17-13-31(41)14-18-33)23-21-35(25)39(5,6)29-9-11-30(12-10-29)40(7,8)36-22-24-38(28(4)26(36)2)44-34-19-15-32(42)16-20-34/h9-24H,41-42H2,1-8H3. The summed E-state index contributed by atoms with van der Waals surface area (Å²) < 4.78 is 12.4. The van der Waals surface area contributed by atoms with Gasteiger partial charge in [0, 0.05) is 22.2 Å². The zero-order chi connectivity index (χ0) is 31.8. The summed E-state index contributed by atoms with van der Waals surface area (Å²) in [6.07, 6.45) is 0. The number of benzene rings is 5. The average molecular weight is 585 g/mol. The highest BCUT2D eigenvalue weighted by Crippen LogP contribution is 2.41. The number of nitrogen functional groups attached to an aromatic ring is 2. The molecule has 0 radical (unpaired) electrons. The summed E-state index contributed by atoms with van der Waals surface area (Å²) in [5, 5.41) is 0. The minimum Gasteiger partial charge on any atom is -0.457 e. The van der Waals surface area contributed by atoms with Gasteiger partial charge in [-0.15, -0.1) is 0 Å². The van der Waals surface area contributed by atoms with Crippen LogP contribution in [0.4, 0.5) is 11.4 Å². The Bertz CT molecular complexity index is 1650. The molecule has 0 bridgehead atoms. The predicted molar refractivity (Wildman–Crippen MR) is 184 cm³/mol. The molecule has 0 atom stereocenters. The first-order valence-electron chi connectivity index (χ1n) is 15.2. The van der Waals surface area contributed by atoms with Crippen molar-refractivity contribution < 1.29 is 9.47 Å². The van der Waals surface area contributed by atoms with Crippen LogP contribution in [0.15, 0.2) is 97.1 Å². The molecule has 0 aliphatic heterocycles. The van der Waals surface area contributed by atoms with Crippen molar-refractivity contribution in [3.8, 4) is 23.0 Å². The first-order chi connectivity index (χ1) is 20.8. The lowest BCUT2D eigenvalue weighted by Crippen LogP contribution is -2.23. The molecule has 0 aliphatic carbocycles. The third-order valence-electron chi connectivity index (χ3n) is 9.37. The molecule has 4 N–H and O–H groups in total. The van der Waals surface area contributed by atoms with Gasteiger partial charge in [-0.3, -0.25) is 0 Å². The van der Waals surface area contributed by atoms with Crippen molar-refractivity contribution in [3.63, 3.8) is 0 Å². The summed E-state index contributed by atoms with van der Waals surface area (Å²) in [5.41, 5.74) is 22.6. The minimum absolute atomic E-state index is 0.190. The fraction of sp³-hybridized carbons (Fsp3) is 0.250. The van der Waals surface area contributed by atoms with Gasteiger partial charge in [-0.1, -0.05) is 64.1 Å². The Kier molecular flexibility index (Phi) is 8.22. The molecule has 0 unspecified atom stereocenters. The molecule has 0 aromatic heterocycles. The van der Waals surface area contributed by atoms with Crippen molar-refractivity contribution in [1.29, 1.82) is 0 Å². The summed E-state index contributed by atoms with van der Waals surface area (Å²) in [5.74, 6) is 3.28. The molecule has 0 saturated carbocycles. The molecule has 0 aliphatic rings. The lowest BCUT2D eigenvalue weighted by Gasteiger charge is -2.32. The molecule has 226 valence electrons. The summed E-state index contributed by atoms with van der Waals surface area (Å²) in [6, 6.07) is 32.7. The Morgan fingerprint density at radius 1 is 0.409 bits per heavy atom. The summed E-state index contributed by atoms with van der Waals surface area (Å²) in [4.78, 5) is 0. The van der Waals surface area contributed by atoms with Crippen LogP contribution in [0, 0.1) is 27.7 Å². The van der Waals surface area contributed by atoms with E-state index in [-0.39, 0.29) is 10.8 Å². The molecule has 4 heteroatoms. The van der Waals surface area contributed by atoms with Crippen LogP contribution in [0.25, 0.3) is 0 Å². The van der Waals surface area contributed by atoms with E-state index in [2.05, 4.69) is 104 Å². The van der Waals surface area contributed by atoms with Crippen molar-refractivity contribution in [2.75, 3.05) is 11.5 Å². The molecule has 0 heterocycles. The van der Waals surface area contributed by atoms with Gasteiger partial charge in [0.1, 0.15) is 23.0 Å². The second-order valence-electron chi connectivity index (χ2n) is 12.9. The molecule has 44 heavy (non-hydrogen) atoms. The summed E-state index contributed by atoms with van der Waals surface area (Å²) in [7, 11) is 0. The quantitative estimate of drug-likeness (QED) is 0.178. The van der Waals surface area contributed by atoms with Crippen LogP contribution in [-0.2, 0) is 10.8 Å². The van der Waals surface area contributed by atoms with Crippen LogP contribution < -0.4 is 20.9 Å². The van der Waals surface area contributed by atoms with E-state index >= 15 is 0 Å². The van der Waals surface area contributed by atoms with Crippen molar-refractivity contribution in [2.45, 2.75) is 66.2 Å². The third kappa shape index (κ3) is 5.90. The number of rotatable bonds is 8. The smallest absolute Gasteiger partial charge is 0.130 e. The van der Waals surface area contributed by atoms with Crippen LogP contribution in [0.3, 0.4) is 0 Å². The molecular formula is C40H44N2O2. The van der Waals surface area contributed by atoms with E-state index in [4.69, 9.17) is 20.9 Å². The van der Waals surface area contributed by atoms with Gasteiger partial charge in [-0.25, -0.2) is 0 Å². The fourth-order valence-electron chi connectivity index (χ4n) is 6.11. The van der Waals surface area contributed by atoms with Crippen molar-refractivity contribution in [1.82, 2.24) is 0 Å². The highest BCUT2D eigenvalue weighted by Gasteiger charge is 2.29. The van der Waals surface area contributed by atoms with E-state index in [1.807, 2.05) is 48.5 Å². The molecule has 5 rings (SSSR count). The van der Waals surface area contributed by atoms with Gasteiger partial charge in [-0.05, 0) is 133 Å². The van der Waals surface area contributed by atoms with Crippen LogP contribution in [0.1, 0.15) is 72.2 Å². The molecule has 0 amide bonds. The number of ether oxygens (including phenoxy) is 2. The Morgan fingerprint density at radius 2 is 0.727 bits per heavy atom. The monoisotopic (exact) mass is 584 g/mol. The first kappa shape index (κ1) is 30.7. The largest absolute Gasteiger partial charge is 0.457 e. The predicted octanol–water partition coefficient (Wildman–Crippen LogP) is 10.3. The molecule has 0 spiro atoms. The molecule has 0 fully saturated rings. The van der Waals surface area contributed by atoms with Gasteiger partial charge >= 0.3 is 0 Å². The van der Waals surface area contributed by atoms with Gasteiger partial charge in [-0.2, -0.15) is 0 Å². The topological polar surface area (TPSA) is 70.5 Å². The van der Waals surface area contributed by atoms with Gasteiger partial charge in [0.25, 0.3) is 0 Å². The SMILES string of the molecule is Cc1c(Oc2ccc(N)cc2)ccc(C(C)(C)c2ccc(C(C)(C)c3ccc(Oc4ccc(N)cc4)c(C)c3C)cc2)c1C. The third-order valence-corrected chi connectivity index (χ3v) is 9.37. The minimum atomic E-state index is -0.190. The molecular weight excluding hydrogens is 540 g/mol. The maximum atomic E-state index is 6.20. The van der Waals surface area contributed by atoms with Crippen molar-refractivity contribution in [3.05, 3.63) is 142 Å². The van der Waals surface area contributed by atoms with Crippen LogP contribution >= 0.6 is 0 Å². The number of hydrogen-bond acceptors (Lipinski definition) is 4. The van der Waals surface area contributed by atoms with Gasteiger partial charge < -0.3 is 20.9 Å². The van der Waals surface area contributed by atoms with Crippen LogP contribution in [-0.4, -0.2) is 0 Å². The second kappa shape index (κ2) is 11.8. The molecule has 0 saturated heterocycles. The van der Waals surface area contributed by atoms with Crippen LogP contribution in [0.5, 0.6) is 23.0 Å². The Morgan fingerprint density at radius 3 is 1.05 bits per heavy atom. The highest BCUT2D eigenvalue weighted by molar-refractivity contribution is 5.54. The zero-order valence-electron chi connectivity index (χ0n) is 27.2. The Hall–Kier alpha value is -4.70. The normalized spacial score (nSPS) is 11.8. The second-order valence-corrected chi connectivity index (χ2v) is 12.9. The van der Waals surface area contributed by atoms with Crippen molar-refractivity contribution in [2.24, 2.45) is 0 Å². The lowest BCUT2D eigenvalue weighted by molar-refractivity contribution is 0.477. The van der Waals surface area contributed by atoms with E-state index < -0.39 is 0 Å². The lowest BCUT2D eigenvalue weighted by atomic mass is 9.72. The molecule has 4 nitrogen and oxygen atoms in total. The first-order valence-corrected chi connectivity index (χ1v) is 15.2. The highest BCUT2D eigenvalue weighted by atomic mass is 16.5. The fourth-order valence-corrected chi connectivity index (χ4v) is 6.11. The number of hydrogen-bond donors (Lipinski definition) is 2. The van der Waals surface area contributed by atoms with Gasteiger partial charge in [0.15, 0.2) is 0 Å². The van der Waals surface area contributed by atoms with Gasteiger partial charge in [0.2, 0.25) is 0 Å². The maximum Gasteiger partial charge on any atom is 0.130 e. The van der Waals surface area contributed by atoms with E-state index in [1.165, 1.54) is 33.4 Å². The van der Waals surface area contributed by atoms with E-state index in [0.29, 0.717) is 0 Å². The summed E-state index contributed by atoms with van der Waals surface area (Å²) in [6.45, 7) is 17.8. The molecule has 5 aromatic rings. The zero-order valence-corrected chi connectivity index (χ0v) is 27.2. The van der Waals surface area contributed by atoms with E-state index in [0.717, 1.165) is 45.5 Å². The Balaban J connectivity index is 1.39. The van der Waals surface area contributed by atoms with Crippen molar-refractivity contribution >= 4 is 11.4 Å². The van der Waals surface area contributed by atoms with E-state index in [9.17, 15) is 0 Å². The van der Waals surface area contributed by atoms with Crippen LogP contribution in [0.2, 0.25) is 0 Å². The average Bonchev–Trinajstić information content (AvgIpc) is 3.00. The maximum absolute atomic E-state index is 6.20. The number of anilines is 2.